The third-order valence-electron chi connectivity index (χ3n) is 7.19. The lowest BCUT2D eigenvalue weighted by atomic mass is 9.59. The quantitative estimate of drug-likeness (QED) is 0.569. The van der Waals surface area contributed by atoms with Gasteiger partial charge in [0.15, 0.2) is 0 Å². The Morgan fingerprint density at radius 1 is 0.792 bits per heavy atom. The van der Waals surface area contributed by atoms with Crippen LogP contribution < -0.4 is 0 Å². The maximum absolute atomic E-state index is 4.70. The average molecular weight is 318 g/mol. The predicted molar refractivity (Wildman–Crippen MR) is 101 cm³/mol. The molecular formula is C22H26N2. The van der Waals surface area contributed by atoms with Crippen molar-refractivity contribution in [1.29, 1.82) is 0 Å². The van der Waals surface area contributed by atoms with Gasteiger partial charge in [-0.05, 0) is 51.6 Å². The second-order valence-electron chi connectivity index (χ2n) is 8.71. The van der Waals surface area contributed by atoms with Crippen molar-refractivity contribution in [1.82, 2.24) is 9.55 Å². The minimum atomic E-state index is 0.117. The summed E-state index contributed by atoms with van der Waals surface area (Å²) >= 11 is 0. The van der Waals surface area contributed by atoms with E-state index in [4.69, 9.17) is 4.98 Å². The first kappa shape index (κ1) is 15.4. The van der Waals surface area contributed by atoms with E-state index in [0.717, 1.165) is 11.2 Å². The molecule has 124 valence electrons. The van der Waals surface area contributed by atoms with Crippen molar-refractivity contribution in [2.24, 2.45) is 5.41 Å². The summed E-state index contributed by atoms with van der Waals surface area (Å²) in [4.78, 5) is 4.70. The molecule has 3 aromatic rings. The van der Waals surface area contributed by atoms with E-state index in [1.54, 1.807) is 0 Å². The molecule has 1 aliphatic rings. The van der Waals surface area contributed by atoms with Crippen LogP contribution in [0.15, 0.2) is 48.8 Å². The van der Waals surface area contributed by atoms with Crippen LogP contribution >= 0.6 is 0 Å². The number of rotatable bonds is 1. The smallest absolute Gasteiger partial charge is 0.100 e. The maximum atomic E-state index is 4.70. The summed E-state index contributed by atoms with van der Waals surface area (Å²) in [5.74, 6) is 0. The first-order valence-electron chi connectivity index (χ1n) is 8.75. The van der Waals surface area contributed by atoms with Crippen LogP contribution in [0, 0.1) is 5.41 Å². The lowest BCUT2D eigenvalue weighted by Gasteiger charge is -2.44. The third kappa shape index (κ3) is 1.69. The van der Waals surface area contributed by atoms with Crippen molar-refractivity contribution in [2.75, 3.05) is 0 Å². The summed E-state index contributed by atoms with van der Waals surface area (Å²) in [6.07, 6.45) is 1.94. The van der Waals surface area contributed by atoms with E-state index in [-0.39, 0.29) is 16.2 Å². The van der Waals surface area contributed by atoms with Crippen LogP contribution in [0.25, 0.3) is 16.7 Å². The van der Waals surface area contributed by atoms with Crippen LogP contribution in [0.4, 0.5) is 0 Å². The molecule has 0 atom stereocenters. The van der Waals surface area contributed by atoms with Crippen molar-refractivity contribution in [3.05, 3.63) is 59.9 Å². The fourth-order valence-corrected chi connectivity index (χ4v) is 4.34. The highest BCUT2D eigenvalue weighted by atomic mass is 15.0. The number of para-hydroxylation sites is 1. The molecule has 0 fully saturated rings. The minimum absolute atomic E-state index is 0.117. The highest BCUT2D eigenvalue weighted by molar-refractivity contribution is 5.81. The highest BCUT2D eigenvalue weighted by Crippen LogP contribution is 2.61. The summed E-state index contributed by atoms with van der Waals surface area (Å²) in [5, 5.41) is 0. The van der Waals surface area contributed by atoms with Gasteiger partial charge in [-0.1, -0.05) is 59.7 Å². The van der Waals surface area contributed by atoms with Gasteiger partial charge in [-0.15, -0.1) is 0 Å². The first-order chi connectivity index (χ1) is 11.2. The predicted octanol–water partition coefficient (Wildman–Crippen LogP) is 5.62. The molecule has 1 aliphatic carbocycles. The van der Waals surface area contributed by atoms with Crippen LogP contribution in [-0.4, -0.2) is 9.55 Å². The number of imidazole rings is 1. The van der Waals surface area contributed by atoms with Gasteiger partial charge in [0.05, 0.1) is 11.0 Å². The van der Waals surface area contributed by atoms with Crippen LogP contribution in [0.1, 0.15) is 52.7 Å². The van der Waals surface area contributed by atoms with Gasteiger partial charge in [-0.3, -0.25) is 4.57 Å². The van der Waals surface area contributed by atoms with Crippen LogP contribution in [-0.2, 0) is 10.8 Å². The maximum Gasteiger partial charge on any atom is 0.100 e. The molecule has 2 aromatic carbocycles. The van der Waals surface area contributed by atoms with Gasteiger partial charge in [-0.2, -0.15) is 0 Å². The molecule has 0 radical (unpaired) electrons. The summed E-state index contributed by atoms with van der Waals surface area (Å²) < 4.78 is 2.20. The Bertz CT molecular complexity index is 927. The number of hydrogen-bond acceptors (Lipinski definition) is 1. The van der Waals surface area contributed by atoms with E-state index in [1.807, 2.05) is 6.33 Å². The second kappa shape index (κ2) is 4.50. The Morgan fingerprint density at radius 2 is 1.38 bits per heavy atom. The molecule has 1 heterocycles. The molecule has 24 heavy (non-hydrogen) atoms. The lowest BCUT2D eigenvalue weighted by Crippen LogP contribution is -2.42. The van der Waals surface area contributed by atoms with Crippen molar-refractivity contribution < 1.29 is 0 Å². The fourth-order valence-electron chi connectivity index (χ4n) is 4.34. The van der Waals surface area contributed by atoms with Crippen LogP contribution in [0.3, 0.4) is 0 Å². The third-order valence-corrected chi connectivity index (χ3v) is 7.19. The summed E-state index contributed by atoms with van der Waals surface area (Å²) in [7, 11) is 0. The van der Waals surface area contributed by atoms with Gasteiger partial charge in [0, 0.05) is 5.69 Å². The summed E-state index contributed by atoms with van der Waals surface area (Å²) in [6, 6.07) is 15.2. The number of benzene rings is 2. The Balaban J connectivity index is 2.03. The van der Waals surface area contributed by atoms with Crippen molar-refractivity contribution in [2.45, 2.75) is 52.4 Å². The second-order valence-corrected chi connectivity index (χ2v) is 8.71. The zero-order chi connectivity index (χ0) is 17.3. The molecule has 2 nitrogen and oxygen atoms in total. The number of aromatic nitrogens is 2. The molecular weight excluding hydrogens is 292 g/mol. The van der Waals surface area contributed by atoms with Gasteiger partial charge in [0.1, 0.15) is 6.33 Å². The largest absolute Gasteiger partial charge is 0.299 e. The molecule has 0 N–H and O–H groups in total. The number of fused-ring (bicyclic) bond motifs is 2. The topological polar surface area (TPSA) is 17.8 Å². The van der Waals surface area contributed by atoms with Gasteiger partial charge in [0.2, 0.25) is 0 Å². The fraction of sp³-hybridized carbons (Fsp3) is 0.409. The van der Waals surface area contributed by atoms with E-state index < -0.39 is 0 Å². The molecule has 0 saturated carbocycles. The van der Waals surface area contributed by atoms with Crippen molar-refractivity contribution >= 4 is 11.0 Å². The zero-order valence-corrected chi connectivity index (χ0v) is 15.5. The molecule has 0 spiro atoms. The standard InChI is InChI=1S/C22H26N2/c1-20(2)16-12-18-19(13-17(16)21(3,4)22(20,5)6)24(14-23-18)15-10-8-7-9-11-15/h7-14H,1-6H3. The molecule has 1 aromatic heterocycles. The first-order valence-corrected chi connectivity index (χ1v) is 8.75. The van der Waals surface area contributed by atoms with E-state index in [9.17, 15) is 0 Å². The highest BCUT2D eigenvalue weighted by Gasteiger charge is 2.56. The summed E-state index contributed by atoms with van der Waals surface area (Å²) in [6.45, 7) is 14.3. The molecule has 0 bridgehead atoms. The monoisotopic (exact) mass is 318 g/mol. The molecule has 2 heteroatoms. The van der Waals surface area contributed by atoms with Gasteiger partial charge >= 0.3 is 0 Å². The number of hydrogen-bond donors (Lipinski definition) is 0. The van der Waals surface area contributed by atoms with Crippen LogP contribution in [0.2, 0.25) is 0 Å². The van der Waals surface area contributed by atoms with E-state index in [2.05, 4.69) is 88.6 Å². The molecule has 0 amide bonds. The van der Waals surface area contributed by atoms with E-state index in [1.165, 1.54) is 16.6 Å². The molecule has 4 rings (SSSR count). The van der Waals surface area contributed by atoms with Crippen molar-refractivity contribution in [3.8, 4) is 5.69 Å². The number of nitrogens with zero attached hydrogens (tertiary/aromatic N) is 2. The summed E-state index contributed by atoms with van der Waals surface area (Å²) in [5.41, 5.74) is 6.77. The zero-order valence-electron chi connectivity index (χ0n) is 15.5. The Morgan fingerprint density at radius 3 is 2.00 bits per heavy atom. The normalized spacial score (nSPS) is 20.2. The average Bonchev–Trinajstić information content (AvgIpc) is 3.00. The Hall–Kier alpha value is -2.09. The Kier molecular flexibility index (Phi) is 2.90. The SMILES string of the molecule is CC1(C)c2cc3ncn(-c4ccccc4)c3cc2C(C)(C)C1(C)C. The lowest BCUT2D eigenvalue weighted by molar-refractivity contribution is 0.125. The van der Waals surface area contributed by atoms with Gasteiger partial charge < -0.3 is 0 Å². The van der Waals surface area contributed by atoms with Crippen LogP contribution in [0.5, 0.6) is 0 Å². The van der Waals surface area contributed by atoms with Crippen molar-refractivity contribution in [3.63, 3.8) is 0 Å². The van der Waals surface area contributed by atoms with Gasteiger partial charge in [-0.25, -0.2) is 4.98 Å². The molecule has 0 aliphatic heterocycles. The van der Waals surface area contributed by atoms with E-state index in [0.29, 0.717) is 0 Å². The minimum Gasteiger partial charge on any atom is -0.299 e. The van der Waals surface area contributed by atoms with E-state index >= 15 is 0 Å². The molecule has 0 saturated heterocycles. The molecule has 0 unspecified atom stereocenters. The Labute approximate surface area is 144 Å². The van der Waals surface area contributed by atoms with Gasteiger partial charge in [0.25, 0.3) is 0 Å².